The molecule has 0 atom stereocenters. The molecule has 0 aromatic heterocycles. The Kier molecular flexibility index (Phi) is 11.9. The highest BCUT2D eigenvalue weighted by molar-refractivity contribution is 6.05. The number of rotatable bonds is 12. The zero-order valence-electron chi connectivity index (χ0n) is 27.8. The van der Waals surface area contributed by atoms with Crippen molar-refractivity contribution in [1.29, 1.82) is 0 Å². The Labute approximate surface area is 298 Å². The maximum atomic E-state index is 11.7. The molecule has 53 heavy (non-hydrogen) atoms. The number of carboxylic acids is 8. The first-order valence-electron chi connectivity index (χ1n) is 15.0. The van der Waals surface area contributed by atoms with Crippen LogP contribution in [-0.2, 0) is 5.41 Å². The topological polar surface area (TPSA) is 298 Å². The summed E-state index contributed by atoms with van der Waals surface area (Å²) in [6.07, 6.45) is 0. The third-order valence-corrected chi connectivity index (χ3v) is 8.37. The van der Waals surface area contributed by atoms with E-state index in [4.69, 9.17) is 10.2 Å². The van der Waals surface area contributed by atoms with Crippen molar-refractivity contribution in [2.24, 2.45) is 0 Å². The molecule has 0 saturated heterocycles. The molecule has 8 N–H and O–H groups in total. The average Bonchev–Trinajstić information content (AvgIpc) is 3.09. The molecule has 0 aliphatic heterocycles. The highest BCUT2D eigenvalue weighted by Crippen LogP contribution is 2.38. The number of carbonyl (C=O) groups is 8. The maximum absolute atomic E-state index is 11.7. The maximum Gasteiger partial charge on any atom is 0.336 e. The summed E-state index contributed by atoms with van der Waals surface area (Å²) in [5.74, 6) is -11.9. The van der Waals surface area contributed by atoms with Gasteiger partial charge >= 0.3 is 47.8 Å². The molecule has 0 radical (unpaired) electrons. The Morgan fingerprint density at radius 3 is 0.981 bits per heavy atom. The molecule has 0 bridgehead atoms. The van der Waals surface area contributed by atoms with Crippen LogP contribution >= 0.6 is 0 Å². The third kappa shape index (κ3) is 8.34. The van der Waals surface area contributed by atoms with Crippen LogP contribution in [0.5, 0.6) is 0 Å². The summed E-state index contributed by atoms with van der Waals surface area (Å²) in [7, 11) is 0. The third-order valence-electron chi connectivity index (χ3n) is 8.37. The number of aromatic carboxylic acids is 8. The molecule has 16 heteroatoms. The molecule has 4 aromatic carbocycles. The van der Waals surface area contributed by atoms with Crippen LogP contribution in [0.25, 0.3) is 0 Å². The van der Waals surface area contributed by atoms with Crippen LogP contribution in [0.2, 0.25) is 0 Å². The molecule has 4 rings (SSSR count). The Balaban J connectivity index is 0.000000286. The molecule has 0 spiro atoms. The fourth-order valence-electron chi connectivity index (χ4n) is 5.69. The van der Waals surface area contributed by atoms with Crippen LogP contribution < -0.4 is 0 Å². The van der Waals surface area contributed by atoms with Gasteiger partial charge < -0.3 is 40.9 Å². The normalized spacial score (nSPS) is 10.8. The molecule has 0 aliphatic carbocycles. The lowest BCUT2D eigenvalue weighted by atomic mass is 9.72. The van der Waals surface area contributed by atoms with Gasteiger partial charge in [-0.05, 0) is 58.7 Å². The quantitative estimate of drug-likeness (QED) is 0.0900. The van der Waals surface area contributed by atoms with Gasteiger partial charge in [0.15, 0.2) is 0 Å². The highest BCUT2D eigenvalue weighted by atomic mass is 16.4. The van der Waals surface area contributed by atoms with E-state index in [0.717, 1.165) is 12.1 Å². The molecule has 0 fully saturated rings. The number of benzene rings is 4. The van der Waals surface area contributed by atoms with Gasteiger partial charge in [-0.3, -0.25) is 0 Å². The number of hydrogen-bond acceptors (Lipinski definition) is 8. The van der Waals surface area contributed by atoms with Crippen molar-refractivity contribution >= 4 is 47.8 Å². The largest absolute Gasteiger partial charge is 0.478 e. The average molecular weight is 731 g/mol. The zero-order chi connectivity index (χ0) is 40.1. The van der Waals surface area contributed by atoms with Gasteiger partial charge in [0.05, 0.1) is 44.5 Å². The van der Waals surface area contributed by atoms with Gasteiger partial charge in [0, 0.05) is 11.3 Å². The summed E-state index contributed by atoms with van der Waals surface area (Å²) >= 11 is 0. The van der Waals surface area contributed by atoms with Crippen molar-refractivity contribution in [2.75, 3.05) is 0 Å². The lowest BCUT2D eigenvalue weighted by Gasteiger charge is -2.30. The fourth-order valence-corrected chi connectivity index (χ4v) is 5.69. The van der Waals surface area contributed by atoms with Crippen molar-refractivity contribution in [3.63, 3.8) is 0 Å². The molecule has 0 heterocycles. The summed E-state index contributed by atoms with van der Waals surface area (Å²) in [6.45, 7) is 4.68. The summed E-state index contributed by atoms with van der Waals surface area (Å²) in [6, 6.07) is 15.4. The Bertz CT molecular complexity index is 2060. The lowest BCUT2D eigenvalue weighted by Crippen LogP contribution is -2.28. The van der Waals surface area contributed by atoms with Gasteiger partial charge in [-0.15, -0.1) is 0 Å². The summed E-state index contributed by atoms with van der Waals surface area (Å²) in [5.41, 5.74) is -3.64. The van der Waals surface area contributed by atoms with Gasteiger partial charge in [-0.2, -0.15) is 0 Å². The minimum absolute atomic E-state index is 0.0555. The highest BCUT2D eigenvalue weighted by Gasteiger charge is 2.35. The van der Waals surface area contributed by atoms with Gasteiger partial charge in [-0.1, -0.05) is 57.2 Å². The Morgan fingerprint density at radius 2 is 0.717 bits per heavy atom. The van der Waals surface area contributed by atoms with Gasteiger partial charge in [-0.25, -0.2) is 38.4 Å². The zero-order valence-corrected chi connectivity index (χ0v) is 27.8. The van der Waals surface area contributed by atoms with E-state index >= 15 is 0 Å². The summed E-state index contributed by atoms with van der Waals surface area (Å²) in [5, 5.41) is 74.2. The Hall–Kier alpha value is -7.36. The van der Waals surface area contributed by atoms with Gasteiger partial charge in [0.2, 0.25) is 0 Å². The standard InChI is InChI=1S/C19H16O8.C18H14O8/c1-19(2,11-7-3-5-9(15(20)21)13(11)17(24)25)12-8-4-6-10(16(22)23)14(12)18(26)27;1-8(9-2-4-11(15(19)20)13(6-9)17(23)24)10-3-5-12(16(21)22)14(7-10)18(25)26/h3-8H,1-2H3,(H,20,21)(H,22,23)(H,24,25)(H,26,27);2-8H,1H3,(H,19,20)(H,21,22)(H,23,24)(H,25,26). The van der Waals surface area contributed by atoms with E-state index in [1.807, 2.05) is 0 Å². The van der Waals surface area contributed by atoms with E-state index in [9.17, 15) is 69.0 Å². The first-order chi connectivity index (χ1) is 24.6. The molecule has 0 unspecified atom stereocenters. The molecule has 16 nitrogen and oxygen atoms in total. The number of hydrogen-bond donors (Lipinski definition) is 8. The predicted molar refractivity (Wildman–Crippen MR) is 181 cm³/mol. The van der Waals surface area contributed by atoms with Crippen molar-refractivity contribution in [3.05, 3.63) is 140 Å². The second-order valence-electron chi connectivity index (χ2n) is 11.9. The summed E-state index contributed by atoms with van der Waals surface area (Å²) < 4.78 is 0. The van der Waals surface area contributed by atoms with Crippen molar-refractivity contribution in [2.45, 2.75) is 32.1 Å². The van der Waals surface area contributed by atoms with E-state index < -0.39 is 81.3 Å². The van der Waals surface area contributed by atoms with Crippen LogP contribution in [0.3, 0.4) is 0 Å². The molecule has 4 aromatic rings. The number of carboxylic acid groups (broad SMARTS) is 8. The minimum Gasteiger partial charge on any atom is -0.478 e. The monoisotopic (exact) mass is 730 g/mol. The van der Waals surface area contributed by atoms with Crippen LogP contribution in [0.1, 0.15) is 132 Å². The predicted octanol–water partition coefficient (Wildman–Crippen LogP) is 5.44. The second kappa shape index (κ2) is 15.7. The summed E-state index contributed by atoms with van der Waals surface area (Å²) in [4.78, 5) is 91.2. The SMILES string of the molecule is CC(C)(c1cccc(C(=O)O)c1C(=O)O)c1cccc(C(=O)O)c1C(=O)O.CC(c1ccc(C(=O)O)c(C(=O)O)c1)c1ccc(C(=O)O)c(C(=O)O)c1. The van der Waals surface area contributed by atoms with E-state index in [2.05, 4.69) is 0 Å². The lowest BCUT2D eigenvalue weighted by molar-refractivity contribution is 0.0647. The molecular weight excluding hydrogens is 700 g/mol. The first kappa shape index (κ1) is 40.1. The van der Waals surface area contributed by atoms with Crippen molar-refractivity contribution in [1.82, 2.24) is 0 Å². The van der Waals surface area contributed by atoms with Crippen molar-refractivity contribution < 1.29 is 79.2 Å². The molecule has 0 aliphatic rings. The molecular formula is C37H30O16. The van der Waals surface area contributed by atoms with E-state index in [-0.39, 0.29) is 33.4 Å². The van der Waals surface area contributed by atoms with Crippen molar-refractivity contribution in [3.8, 4) is 0 Å². The Morgan fingerprint density at radius 1 is 0.415 bits per heavy atom. The molecule has 274 valence electrons. The van der Waals surface area contributed by atoms with E-state index in [0.29, 0.717) is 11.1 Å². The second-order valence-corrected chi connectivity index (χ2v) is 11.9. The van der Waals surface area contributed by atoms with E-state index in [1.165, 1.54) is 74.5 Å². The van der Waals surface area contributed by atoms with E-state index in [1.54, 1.807) is 6.92 Å². The smallest absolute Gasteiger partial charge is 0.336 e. The minimum atomic E-state index is -1.48. The molecule has 0 saturated carbocycles. The van der Waals surface area contributed by atoms with Crippen LogP contribution in [0, 0.1) is 0 Å². The first-order valence-corrected chi connectivity index (χ1v) is 15.0. The van der Waals surface area contributed by atoms with Crippen LogP contribution in [0.4, 0.5) is 0 Å². The molecule has 0 amide bonds. The van der Waals surface area contributed by atoms with Crippen LogP contribution in [-0.4, -0.2) is 88.6 Å². The van der Waals surface area contributed by atoms with Gasteiger partial charge in [0.1, 0.15) is 0 Å². The van der Waals surface area contributed by atoms with Crippen LogP contribution in [0.15, 0.2) is 72.8 Å². The van der Waals surface area contributed by atoms with Gasteiger partial charge in [0.25, 0.3) is 0 Å². The fraction of sp³-hybridized carbons (Fsp3) is 0.135.